The minimum Gasteiger partial charge on any atom is -0.397 e. The van der Waals surface area contributed by atoms with Gasteiger partial charge in [-0.1, -0.05) is 11.6 Å². The van der Waals surface area contributed by atoms with Crippen molar-refractivity contribution in [3.8, 4) is 0 Å². The molecule has 0 heterocycles. The van der Waals surface area contributed by atoms with Gasteiger partial charge in [0, 0.05) is 4.90 Å². The molecule has 11 heavy (non-hydrogen) atoms. The van der Waals surface area contributed by atoms with Crippen molar-refractivity contribution >= 4 is 29.2 Å². The number of nitrogen functional groups attached to an aromatic ring is 1. The third kappa shape index (κ3) is 2.29. The molecule has 0 amide bonds. The monoisotopic (exact) mass is 188 g/mol. The molecule has 0 aromatic heterocycles. The van der Waals surface area contributed by atoms with Gasteiger partial charge in [-0.25, -0.2) is 0 Å². The number of nitrogens with two attached hydrogens (primary N) is 1. The third-order valence-corrected chi connectivity index (χ3v) is 2.23. The minimum atomic E-state index is 0.602. The van der Waals surface area contributed by atoms with Crippen molar-refractivity contribution in [2.75, 3.05) is 12.8 Å². The van der Waals surface area contributed by atoms with Crippen molar-refractivity contribution in [2.45, 2.75) is 4.90 Å². The molecule has 0 fully saturated rings. The van der Waals surface area contributed by atoms with Crippen molar-refractivity contribution in [2.24, 2.45) is 0 Å². The first-order valence-electron chi connectivity index (χ1n) is 3.12. The van der Waals surface area contributed by atoms with Gasteiger partial charge in [0.05, 0.1) is 10.7 Å². The van der Waals surface area contributed by atoms with Gasteiger partial charge in [0.1, 0.15) is 0 Å². The Hall–Kier alpha value is -0.380. The van der Waals surface area contributed by atoms with Crippen molar-refractivity contribution in [1.82, 2.24) is 4.72 Å². The fourth-order valence-electron chi connectivity index (χ4n) is 0.703. The number of rotatable bonds is 2. The largest absolute Gasteiger partial charge is 0.397 e. The average molecular weight is 189 g/mol. The summed E-state index contributed by atoms with van der Waals surface area (Å²) in [5.41, 5.74) is 6.20. The third-order valence-electron chi connectivity index (χ3n) is 1.19. The van der Waals surface area contributed by atoms with Crippen LogP contribution in [0.4, 0.5) is 5.69 Å². The second kappa shape index (κ2) is 3.85. The standard InChI is InChI=1S/C7H9ClN2S/c1-10-11-5-2-3-6(8)7(9)4-5/h2-4,10H,9H2,1H3. The Balaban J connectivity index is 2.86. The summed E-state index contributed by atoms with van der Waals surface area (Å²) in [5, 5.41) is 0.602. The SMILES string of the molecule is CNSc1ccc(Cl)c(N)c1. The van der Waals surface area contributed by atoms with Crippen LogP contribution in [0, 0.1) is 0 Å². The maximum atomic E-state index is 5.73. The predicted octanol–water partition coefficient (Wildman–Crippen LogP) is 2.15. The van der Waals surface area contributed by atoms with E-state index in [0.29, 0.717) is 10.7 Å². The summed E-state index contributed by atoms with van der Waals surface area (Å²) in [7, 11) is 1.86. The average Bonchev–Trinajstić information content (AvgIpc) is 1.98. The summed E-state index contributed by atoms with van der Waals surface area (Å²) in [6.45, 7) is 0. The number of hydrogen-bond acceptors (Lipinski definition) is 3. The van der Waals surface area contributed by atoms with Crippen LogP contribution < -0.4 is 10.5 Å². The molecule has 0 saturated carbocycles. The van der Waals surface area contributed by atoms with Gasteiger partial charge >= 0.3 is 0 Å². The quantitative estimate of drug-likeness (QED) is 0.552. The fraction of sp³-hybridized carbons (Fsp3) is 0.143. The van der Waals surface area contributed by atoms with Gasteiger partial charge < -0.3 is 5.73 Å². The highest BCUT2D eigenvalue weighted by molar-refractivity contribution is 7.97. The zero-order valence-electron chi connectivity index (χ0n) is 6.10. The smallest absolute Gasteiger partial charge is 0.0636 e. The number of halogens is 1. The molecular weight excluding hydrogens is 180 g/mol. The Morgan fingerprint density at radius 2 is 2.27 bits per heavy atom. The Morgan fingerprint density at radius 1 is 1.55 bits per heavy atom. The number of anilines is 1. The van der Waals surface area contributed by atoms with Crippen LogP contribution in [-0.4, -0.2) is 7.05 Å². The van der Waals surface area contributed by atoms with Crippen LogP contribution in [0.3, 0.4) is 0 Å². The molecule has 60 valence electrons. The lowest BCUT2D eigenvalue weighted by Gasteiger charge is -2.01. The molecule has 0 aliphatic rings. The van der Waals surface area contributed by atoms with Crippen LogP contribution in [0.15, 0.2) is 23.1 Å². The Labute approximate surface area is 75.2 Å². The van der Waals surface area contributed by atoms with Gasteiger partial charge in [0.25, 0.3) is 0 Å². The molecule has 1 rings (SSSR count). The van der Waals surface area contributed by atoms with Gasteiger partial charge in [-0.05, 0) is 37.2 Å². The summed E-state index contributed by atoms with van der Waals surface area (Å²) in [4.78, 5) is 1.06. The highest BCUT2D eigenvalue weighted by atomic mass is 35.5. The topological polar surface area (TPSA) is 38.0 Å². The summed E-state index contributed by atoms with van der Waals surface area (Å²) < 4.78 is 2.95. The maximum Gasteiger partial charge on any atom is 0.0636 e. The molecule has 0 aliphatic heterocycles. The lowest BCUT2D eigenvalue weighted by molar-refractivity contribution is 1.28. The van der Waals surface area contributed by atoms with Crippen molar-refractivity contribution in [3.05, 3.63) is 23.2 Å². The van der Waals surface area contributed by atoms with E-state index in [4.69, 9.17) is 17.3 Å². The highest BCUT2D eigenvalue weighted by Crippen LogP contribution is 2.23. The molecule has 3 N–H and O–H groups in total. The van der Waals surface area contributed by atoms with Crippen LogP contribution in [-0.2, 0) is 0 Å². The van der Waals surface area contributed by atoms with E-state index in [-0.39, 0.29) is 0 Å². The van der Waals surface area contributed by atoms with E-state index in [2.05, 4.69) is 4.72 Å². The highest BCUT2D eigenvalue weighted by Gasteiger charge is 1.96. The zero-order chi connectivity index (χ0) is 8.27. The summed E-state index contributed by atoms with van der Waals surface area (Å²) in [5.74, 6) is 0. The predicted molar refractivity (Wildman–Crippen MR) is 50.8 cm³/mol. The minimum absolute atomic E-state index is 0.602. The van der Waals surface area contributed by atoms with Crippen molar-refractivity contribution < 1.29 is 0 Å². The molecule has 0 radical (unpaired) electrons. The Morgan fingerprint density at radius 3 is 2.82 bits per heavy atom. The van der Waals surface area contributed by atoms with E-state index in [1.807, 2.05) is 19.2 Å². The fourth-order valence-corrected chi connectivity index (χ4v) is 1.38. The van der Waals surface area contributed by atoms with Crippen LogP contribution in [0.1, 0.15) is 0 Å². The first-order valence-corrected chi connectivity index (χ1v) is 4.32. The van der Waals surface area contributed by atoms with E-state index in [0.717, 1.165) is 4.90 Å². The lowest BCUT2D eigenvalue weighted by Crippen LogP contribution is -1.92. The molecule has 0 atom stereocenters. The van der Waals surface area contributed by atoms with Crippen LogP contribution in [0.2, 0.25) is 5.02 Å². The molecule has 0 saturated heterocycles. The first-order chi connectivity index (χ1) is 5.24. The second-order valence-electron chi connectivity index (χ2n) is 1.99. The Kier molecular flexibility index (Phi) is 3.05. The van der Waals surface area contributed by atoms with E-state index in [9.17, 15) is 0 Å². The zero-order valence-corrected chi connectivity index (χ0v) is 7.67. The molecule has 1 aromatic rings. The van der Waals surface area contributed by atoms with Gasteiger partial charge in [-0.2, -0.15) is 0 Å². The molecule has 0 bridgehead atoms. The number of benzene rings is 1. The molecule has 1 aromatic carbocycles. The summed E-state index contributed by atoms with van der Waals surface area (Å²) >= 11 is 7.24. The van der Waals surface area contributed by atoms with Crippen LogP contribution >= 0.6 is 23.5 Å². The summed E-state index contributed by atoms with van der Waals surface area (Å²) in [6, 6.07) is 5.54. The number of nitrogens with one attached hydrogen (secondary N) is 1. The molecular formula is C7H9ClN2S. The maximum absolute atomic E-state index is 5.73. The van der Waals surface area contributed by atoms with E-state index < -0.39 is 0 Å². The normalized spacial score (nSPS) is 10.0. The molecule has 0 aliphatic carbocycles. The van der Waals surface area contributed by atoms with E-state index >= 15 is 0 Å². The van der Waals surface area contributed by atoms with Gasteiger partial charge in [0.15, 0.2) is 0 Å². The molecule has 0 unspecified atom stereocenters. The lowest BCUT2D eigenvalue weighted by atomic mass is 10.3. The Bertz CT molecular complexity index is 252. The van der Waals surface area contributed by atoms with E-state index in [1.165, 1.54) is 11.9 Å². The summed E-state index contributed by atoms with van der Waals surface area (Å²) in [6.07, 6.45) is 0. The first kappa shape index (κ1) is 8.71. The van der Waals surface area contributed by atoms with Crippen LogP contribution in [0.25, 0.3) is 0 Å². The van der Waals surface area contributed by atoms with Crippen LogP contribution in [0.5, 0.6) is 0 Å². The number of hydrogen-bond donors (Lipinski definition) is 2. The van der Waals surface area contributed by atoms with Crippen molar-refractivity contribution in [1.29, 1.82) is 0 Å². The molecule has 2 nitrogen and oxygen atoms in total. The van der Waals surface area contributed by atoms with Crippen molar-refractivity contribution in [3.63, 3.8) is 0 Å². The second-order valence-corrected chi connectivity index (χ2v) is 3.48. The van der Waals surface area contributed by atoms with Gasteiger partial charge in [-0.3, -0.25) is 4.72 Å². The molecule has 4 heteroatoms. The van der Waals surface area contributed by atoms with E-state index in [1.54, 1.807) is 6.07 Å². The van der Waals surface area contributed by atoms with Gasteiger partial charge in [-0.15, -0.1) is 0 Å². The molecule has 0 spiro atoms. The van der Waals surface area contributed by atoms with Gasteiger partial charge in [0.2, 0.25) is 0 Å².